The van der Waals surface area contributed by atoms with Crippen molar-refractivity contribution in [3.63, 3.8) is 0 Å². The zero-order valence-corrected chi connectivity index (χ0v) is 27.8. The summed E-state index contributed by atoms with van der Waals surface area (Å²) in [6.07, 6.45) is 35.0. The van der Waals surface area contributed by atoms with E-state index < -0.39 is 0 Å². The molecule has 6 atom stereocenters. The van der Waals surface area contributed by atoms with Gasteiger partial charge in [0.1, 0.15) is 11.3 Å². The molecule has 244 valence electrons. The van der Waals surface area contributed by atoms with Crippen LogP contribution in [0.1, 0.15) is 81.0 Å². The molecule has 1 aromatic heterocycles. The number of piperidine rings is 2. The van der Waals surface area contributed by atoms with Crippen LogP contribution in [0.2, 0.25) is 0 Å². The van der Waals surface area contributed by atoms with Gasteiger partial charge in [-0.1, -0.05) is 72.4 Å². The van der Waals surface area contributed by atoms with Crippen LogP contribution in [0.15, 0.2) is 72.4 Å². The van der Waals surface area contributed by atoms with Crippen LogP contribution in [0.4, 0.5) is 0 Å². The lowest BCUT2D eigenvalue weighted by molar-refractivity contribution is -0.109. The van der Waals surface area contributed by atoms with Gasteiger partial charge in [0.25, 0.3) is 0 Å². The van der Waals surface area contributed by atoms with Crippen LogP contribution in [0.3, 0.4) is 0 Å². The van der Waals surface area contributed by atoms with Crippen LogP contribution < -0.4 is 5.73 Å². The molecule has 5 heteroatoms. The maximum absolute atomic E-state index is 10.8. The predicted octanol–water partition coefficient (Wildman–Crippen LogP) is 7.75. The van der Waals surface area contributed by atoms with E-state index in [1.165, 1.54) is 63.0 Å². The highest BCUT2D eigenvalue weighted by atomic mass is 16.3. The monoisotopic (exact) mass is 618 g/mol. The summed E-state index contributed by atoms with van der Waals surface area (Å²) >= 11 is 0. The summed E-state index contributed by atoms with van der Waals surface area (Å²) in [5.41, 5.74) is 12.5. The highest BCUT2D eigenvalue weighted by Crippen LogP contribution is 2.57. The van der Waals surface area contributed by atoms with Crippen molar-refractivity contribution in [2.24, 2.45) is 23.0 Å². The fraction of sp³-hybridized carbons (Fsp3) is 0.537. The molecule has 6 bridgehead atoms. The molecule has 8 rings (SSSR count). The minimum atomic E-state index is 0.270. The molecule has 6 aliphatic rings. The van der Waals surface area contributed by atoms with Gasteiger partial charge in [-0.15, -0.1) is 0 Å². The molecule has 1 aliphatic carbocycles. The van der Waals surface area contributed by atoms with Gasteiger partial charge in [-0.3, -0.25) is 4.90 Å². The molecule has 5 nitrogen and oxygen atoms in total. The molecule has 0 amide bonds. The summed E-state index contributed by atoms with van der Waals surface area (Å²) in [5, 5.41) is 11.8. The van der Waals surface area contributed by atoms with E-state index in [9.17, 15) is 5.11 Å². The largest absolute Gasteiger partial charge is 0.506 e. The number of aromatic hydroxyl groups is 1. The number of hydrogen-bond acceptors (Lipinski definition) is 5. The lowest BCUT2D eigenvalue weighted by atomic mass is 9.52. The maximum Gasteiger partial charge on any atom is 0.141 e. The number of aromatic nitrogens is 1. The Kier molecular flexibility index (Phi) is 9.90. The second-order valence-electron chi connectivity index (χ2n) is 14.5. The average Bonchev–Trinajstić information content (AvgIpc) is 3.07. The zero-order valence-electron chi connectivity index (χ0n) is 27.8. The minimum absolute atomic E-state index is 0.270. The second-order valence-corrected chi connectivity index (χ2v) is 14.5. The molecule has 2 aromatic rings. The van der Waals surface area contributed by atoms with E-state index in [1.54, 1.807) is 11.6 Å². The number of pyridine rings is 1. The number of para-hydroxylation sites is 1. The number of nitrogens with two attached hydrogens (primary N) is 1. The van der Waals surface area contributed by atoms with Crippen molar-refractivity contribution >= 4 is 17.0 Å². The number of allylic oxidation sites excluding steroid dienone is 6. The fourth-order valence-corrected chi connectivity index (χ4v) is 9.84. The van der Waals surface area contributed by atoms with E-state index in [4.69, 9.17) is 10.7 Å². The van der Waals surface area contributed by atoms with E-state index in [2.05, 4.69) is 70.6 Å². The SMILES string of the molecule is NCCc1c2c(nc3c(O)cccc13)CCCCN1C[C@H]3C=C4CCC=CCC=CCC=CCCN5CC[C@H]3[C@@](CCC=C2)(C5)[C@@H]41. The third kappa shape index (κ3) is 6.31. The van der Waals surface area contributed by atoms with Crippen molar-refractivity contribution in [2.45, 2.75) is 83.1 Å². The Balaban J connectivity index is 1.25. The lowest BCUT2D eigenvalue weighted by Gasteiger charge is -2.64. The van der Waals surface area contributed by atoms with Crippen LogP contribution in [0.25, 0.3) is 17.0 Å². The maximum atomic E-state index is 10.8. The smallest absolute Gasteiger partial charge is 0.141 e. The first-order chi connectivity index (χ1) is 22.7. The van der Waals surface area contributed by atoms with Gasteiger partial charge in [0.05, 0.1) is 0 Å². The van der Waals surface area contributed by atoms with E-state index in [1.807, 2.05) is 6.07 Å². The number of rotatable bonds is 2. The fourth-order valence-electron chi connectivity index (χ4n) is 9.84. The molecule has 3 N–H and O–H groups in total. The van der Waals surface area contributed by atoms with Gasteiger partial charge in [-0.25, -0.2) is 4.98 Å². The van der Waals surface area contributed by atoms with E-state index >= 15 is 0 Å². The molecule has 46 heavy (non-hydrogen) atoms. The summed E-state index contributed by atoms with van der Waals surface area (Å²) < 4.78 is 0. The Hall–Kier alpha value is -2.99. The summed E-state index contributed by atoms with van der Waals surface area (Å²) in [6.45, 7) is 6.62. The zero-order chi connectivity index (χ0) is 31.3. The van der Waals surface area contributed by atoms with Crippen LogP contribution in [0.5, 0.6) is 5.75 Å². The number of phenolic OH excluding ortho intramolecular Hbond substituents is 1. The van der Waals surface area contributed by atoms with Gasteiger partial charge < -0.3 is 15.7 Å². The summed E-state index contributed by atoms with van der Waals surface area (Å²) in [6, 6.07) is 6.35. The summed E-state index contributed by atoms with van der Waals surface area (Å²) in [4.78, 5) is 10.9. The minimum Gasteiger partial charge on any atom is -0.506 e. The quantitative estimate of drug-likeness (QED) is 0.337. The molecule has 2 fully saturated rings. The molecule has 5 aliphatic heterocycles. The van der Waals surface area contributed by atoms with Crippen LogP contribution >= 0.6 is 0 Å². The first-order valence-electron chi connectivity index (χ1n) is 18.3. The van der Waals surface area contributed by atoms with Crippen LogP contribution in [-0.4, -0.2) is 65.2 Å². The Bertz CT molecular complexity index is 1530. The summed E-state index contributed by atoms with van der Waals surface area (Å²) in [5.74, 6) is 1.72. The van der Waals surface area contributed by atoms with Gasteiger partial charge in [0.2, 0.25) is 0 Å². The second kappa shape index (κ2) is 14.4. The molecule has 0 saturated carbocycles. The van der Waals surface area contributed by atoms with Crippen molar-refractivity contribution in [1.29, 1.82) is 0 Å². The number of fused-ring (bicyclic) bond motifs is 3. The van der Waals surface area contributed by atoms with E-state index in [0.29, 0.717) is 23.9 Å². The Morgan fingerprint density at radius 2 is 1.76 bits per heavy atom. The van der Waals surface area contributed by atoms with Gasteiger partial charge in [-0.2, -0.15) is 0 Å². The molecular formula is C41H54N4O. The van der Waals surface area contributed by atoms with Gasteiger partial charge in [0.15, 0.2) is 0 Å². The molecule has 1 aromatic carbocycles. The number of phenols is 1. The number of aryl methyl sites for hydroxylation is 1. The average molecular weight is 619 g/mol. The molecule has 0 radical (unpaired) electrons. The van der Waals surface area contributed by atoms with Gasteiger partial charge in [-0.05, 0) is 126 Å². The molecule has 2 unspecified atom stereocenters. The molecule has 6 heterocycles. The first kappa shape index (κ1) is 31.6. The van der Waals surface area contributed by atoms with Crippen molar-refractivity contribution in [3.8, 4) is 5.75 Å². The third-order valence-electron chi connectivity index (χ3n) is 11.7. The highest BCUT2D eigenvalue weighted by molar-refractivity contribution is 5.90. The number of hydrogen-bond donors (Lipinski definition) is 2. The van der Waals surface area contributed by atoms with Crippen molar-refractivity contribution < 1.29 is 5.11 Å². The number of benzene rings is 1. The predicted molar refractivity (Wildman–Crippen MR) is 192 cm³/mol. The molecular weight excluding hydrogens is 564 g/mol. The Morgan fingerprint density at radius 1 is 0.913 bits per heavy atom. The normalized spacial score (nSPS) is 31.8. The number of nitrogens with zero attached hydrogens (tertiary/aromatic N) is 3. The van der Waals surface area contributed by atoms with Crippen molar-refractivity contribution in [3.05, 3.63) is 89.2 Å². The van der Waals surface area contributed by atoms with Gasteiger partial charge >= 0.3 is 0 Å². The lowest BCUT2D eigenvalue weighted by Crippen LogP contribution is -2.68. The van der Waals surface area contributed by atoms with Crippen molar-refractivity contribution in [2.75, 3.05) is 39.3 Å². The van der Waals surface area contributed by atoms with Gasteiger partial charge in [0, 0.05) is 42.2 Å². The van der Waals surface area contributed by atoms with Crippen LogP contribution in [-0.2, 0) is 12.8 Å². The Morgan fingerprint density at radius 3 is 2.63 bits per heavy atom. The third-order valence-corrected chi connectivity index (χ3v) is 11.7. The van der Waals surface area contributed by atoms with E-state index in [0.717, 1.165) is 80.4 Å². The molecule has 1 spiro atoms. The van der Waals surface area contributed by atoms with E-state index in [-0.39, 0.29) is 5.75 Å². The molecule has 2 saturated heterocycles. The van der Waals surface area contributed by atoms with Crippen molar-refractivity contribution in [1.82, 2.24) is 14.8 Å². The Labute approximate surface area is 276 Å². The summed E-state index contributed by atoms with van der Waals surface area (Å²) in [7, 11) is 0. The van der Waals surface area contributed by atoms with Crippen LogP contribution in [0, 0.1) is 17.3 Å². The highest BCUT2D eigenvalue weighted by Gasteiger charge is 2.58. The topological polar surface area (TPSA) is 65.6 Å². The standard InChI is InChI=1S/C41H54N4O/c42-24-21-33-34-17-10-12-23-41-30-44-25-13-8-6-4-2-1-3-5-7-9-16-31-28-32(36(41)22-27-44)29-45(40(31)41)26-14-11-19-37(34)43-39-35(33)18-15-20-38(39)46/h1-2,5-8,10,15,17-18,20,28,32,36,40,46H,3-4,9,11-14,16,19,21-27,29-30,42H2/t32-,36-,40-,41-/m1/s1. The first-order valence-corrected chi connectivity index (χ1v) is 18.3.